The number of aryl methyl sites for hydroxylation is 1. The van der Waals surface area contributed by atoms with E-state index in [9.17, 15) is 0 Å². The fourth-order valence-electron chi connectivity index (χ4n) is 5.73. The Balaban J connectivity index is 1.11. The van der Waals surface area contributed by atoms with Gasteiger partial charge in [0, 0.05) is 54.0 Å². The molecular formula is C30H33N3O. The minimum atomic E-state index is 0.520. The summed E-state index contributed by atoms with van der Waals surface area (Å²) in [6.07, 6.45) is 8.07. The Morgan fingerprint density at radius 2 is 1.74 bits per heavy atom. The van der Waals surface area contributed by atoms with Gasteiger partial charge in [-0.3, -0.25) is 4.90 Å². The number of anilines is 1. The molecule has 1 N–H and O–H groups in total. The third-order valence-electron chi connectivity index (χ3n) is 7.46. The number of benzene rings is 3. The molecule has 4 heteroatoms. The van der Waals surface area contributed by atoms with Crippen LogP contribution in [0.5, 0.6) is 5.75 Å². The van der Waals surface area contributed by atoms with Gasteiger partial charge in [-0.05, 0) is 67.3 Å². The van der Waals surface area contributed by atoms with Crippen LogP contribution in [0.3, 0.4) is 0 Å². The van der Waals surface area contributed by atoms with Gasteiger partial charge >= 0.3 is 0 Å². The summed E-state index contributed by atoms with van der Waals surface area (Å²) in [5.74, 6) is 0.987. The van der Waals surface area contributed by atoms with Crippen LogP contribution in [-0.4, -0.2) is 48.2 Å². The third kappa shape index (κ3) is 4.19. The van der Waals surface area contributed by atoms with Crippen LogP contribution < -0.4 is 9.64 Å². The van der Waals surface area contributed by atoms with Crippen LogP contribution in [0, 0.1) is 6.92 Å². The first-order valence-electron chi connectivity index (χ1n) is 12.6. The highest BCUT2D eigenvalue weighted by Crippen LogP contribution is 2.31. The monoisotopic (exact) mass is 451 g/mol. The minimum absolute atomic E-state index is 0.520. The molecule has 1 aromatic heterocycles. The maximum atomic E-state index is 6.22. The molecule has 7 rings (SSSR count). The molecule has 2 atom stereocenters. The number of nitrogens with zero attached hydrogens (tertiary/aromatic N) is 2. The second-order valence-electron chi connectivity index (χ2n) is 9.80. The van der Waals surface area contributed by atoms with Crippen molar-refractivity contribution < 1.29 is 4.74 Å². The molecule has 3 aliphatic rings. The summed E-state index contributed by atoms with van der Waals surface area (Å²) in [6, 6.07) is 25.1. The Bertz CT molecular complexity index is 1320. The van der Waals surface area contributed by atoms with Gasteiger partial charge in [-0.2, -0.15) is 0 Å². The second kappa shape index (κ2) is 9.19. The Kier molecular flexibility index (Phi) is 5.76. The number of fused-ring (bicyclic) bond motifs is 6. The van der Waals surface area contributed by atoms with Crippen LogP contribution in [0.4, 0.5) is 5.69 Å². The van der Waals surface area contributed by atoms with Gasteiger partial charge in [0.2, 0.25) is 0 Å². The summed E-state index contributed by atoms with van der Waals surface area (Å²) >= 11 is 0. The lowest BCUT2D eigenvalue weighted by Crippen LogP contribution is -2.59. The predicted octanol–water partition coefficient (Wildman–Crippen LogP) is 6.31. The SMILES string of the molecule is Cc1cc2c(OCCCN3CC4C/C=C\CC3CN4c3ccc4ccccc4c3)cccc2[nH]1. The number of hydrogen-bond acceptors (Lipinski definition) is 3. The highest BCUT2D eigenvalue weighted by Gasteiger charge is 2.33. The lowest BCUT2D eigenvalue weighted by atomic mass is 9.96. The number of aromatic nitrogens is 1. The quantitative estimate of drug-likeness (QED) is 0.275. The number of rotatable bonds is 6. The molecule has 1 fully saturated rings. The van der Waals surface area contributed by atoms with E-state index in [-0.39, 0.29) is 0 Å². The lowest BCUT2D eigenvalue weighted by molar-refractivity contribution is 0.137. The zero-order valence-electron chi connectivity index (χ0n) is 19.9. The molecule has 4 heterocycles. The number of H-pyrrole nitrogens is 1. The second-order valence-corrected chi connectivity index (χ2v) is 9.80. The standard InChI is InChI=1S/C30H33N3O/c1-22-18-28-29(31-22)12-6-13-30(28)34-17-7-16-32-20-27-11-5-4-10-26(32)21-33(27)25-15-14-23-8-2-3-9-24(23)19-25/h2-6,8-9,12-15,18-19,26-27,31H,7,10-11,16-17,20-21H2,1H3/b5-4-. The Morgan fingerprint density at radius 3 is 2.65 bits per heavy atom. The molecule has 0 amide bonds. The Morgan fingerprint density at radius 1 is 0.882 bits per heavy atom. The molecule has 0 spiro atoms. The topological polar surface area (TPSA) is 31.5 Å². The number of ether oxygens (including phenoxy) is 1. The Hall–Kier alpha value is -3.24. The molecule has 1 saturated heterocycles. The highest BCUT2D eigenvalue weighted by atomic mass is 16.5. The van der Waals surface area contributed by atoms with Gasteiger partial charge in [0.1, 0.15) is 5.75 Å². The largest absolute Gasteiger partial charge is 0.493 e. The van der Waals surface area contributed by atoms with E-state index in [1.807, 2.05) is 0 Å². The van der Waals surface area contributed by atoms with Gasteiger partial charge in [-0.25, -0.2) is 0 Å². The van der Waals surface area contributed by atoms with E-state index in [1.165, 1.54) is 27.5 Å². The number of aromatic amines is 1. The van der Waals surface area contributed by atoms with Crippen LogP contribution >= 0.6 is 0 Å². The molecule has 3 aliphatic heterocycles. The van der Waals surface area contributed by atoms with E-state index in [4.69, 9.17) is 4.74 Å². The van der Waals surface area contributed by atoms with E-state index in [2.05, 4.69) is 101 Å². The predicted molar refractivity (Wildman–Crippen MR) is 142 cm³/mol. The molecule has 4 nitrogen and oxygen atoms in total. The van der Waals surface area contributed by atoms with Crippen molar-refractivity contribution in [2.24, 2.45) is 0 Å². The summed E-state index contributed by atoms with van der Waals surface area (Å²) in [7, 11) is 0. The summed E-state index contributed by atoms with van der Waals surface area (Å²) < 4.78 is 6.22. The summed E-state index contributed by atoms with van der Waals surface area (Å²) in [6.45, 7) is 6.14. The van der Waals surface area contributed by atoms with E-state index in [0.717, 1.165) is 56.8 Å². The zero-order valence-corrected chi connectivity index (χ0v) is 19.9. The first-order valence-corrected chi connectivity index (χ1v) is 12.6. The number of hydrogen-bond donors (Lipinski definition) is 1. The highest BCUT2D eigenvalue weighted by molar-refractivity contribution is 5.87. The van der Waals surface area contributed by atoms with Crippen molar-refractivity contribution in [3.8, 4) is 5.75 Å². The summed E-state index contributed by atoms with van der Waals surface area (Å²) in [5.41, 5.74) is 3.69. The third-order valence-corrected chi connectivity index (χ3v) is 7.46. The van der Waals surface area contributed by atoms with Crippen LogP contribution in [0.15, 0.2) is 78.9 Å². The van der Waals surface area contributed by atoms with Crippen molar-refractivity contribution in [1.29, 1.82) is 0 Å². The summed E-state index contributed by atoms with van der Waals surface area (Å²) in [4.78, 5) is 8.76. The molecule has 0 radical (unpaired) electrons. The normalized spacial score (nSPS) is 21.6. The average molecular weight is 452 g/mol. The molecule has 0 aliphatic carbocycles. The van der Waals surface area contributed by atoms with Crippen molar-refractivity contribution in [2.45, 2.75) is 38.3 Å². The molecule has 3 aromatic carbocycles. The first kappa shape index (κ1) is 21.3. The molecule has 34 heavy (non-hydrogen) atoms. The Labute approximate surface area is 201 Å². The van der Waals surface area contributed by atoms with Crippen molar-refractivity contribution in [2.75, 3.05) is 31.1 Å². The number of piperazine rings is 1. The van der Waals surface area contributed by atoms with Crippen molar-refractivity contribution in [1.82, 2.24) is 9.88 Å². The lowest BCUT2D eigenvalue weighted by Gasteiger charge is -2.48. The maximum absolute atomic E-state index is 6.22. The molecular weight excluding hydrogens is 418 g/mol. The molecule has 174 valence electrons. The smallest absolute Gasteiger partial charge is 0.128 e. The fraction of sp³-hybridized carbons (Fsp3) is 0.333. The van der Waals surface area contributed by atoms with Crippen LogP contribution in [0.2, 0.25) is 0 Å². The van der Waals surface area contributed by atoms with Crippen molar-refractivity contribution in [3.05, 3.63) is 84.6 Å². The van der Waals surface area contributed by atoms with E-state index >= 15 is 0 Å². The first-order chi connectivity index (χ1) is 16.7. The van der Waals surface area contributed by atoms with Crippen molar-refractivity contribution in [3.63, 3.8) is 0 Å². The van der Waals surface area contributed by atoms with Crippen LogP contribution in [-0.2, 0) is 0 Å². The van der Waals surface area contributed by atoms with Gasteiger partial charge < -0.3 is 14.6 Å². The van der Waals surface area contributed by atoms with Gasteiger partial charge in [0.15, 0.2) is 0 Å². The zero-order chi connectivity index (χ0) is 22.9. The van der Waals surface area contributed by atoms with Crippen LogP contribution in [0.25, 0.3) is 21.7 Å². The van der Waals surface area contributed by atoms with Gasteiger partial charge in [-0.1, -0.05) is 48.6 Å². The average Bonchev–Trinajstić information content (AvgIpc) is 3.23. The maximum Gasteiger partial charge on any atom is 0.128 e. The van der Waals surface area contributed by atoms with E-state index in [1.54, 1.807) is 0 Å². The molecule has 2 unspecified atom stereocenters. The molecule has 2 bridgehead atoms. The fourth-order valence-corrected chi connectivity index (χ4v) is 5.73. The number of nitrogens with one attached hydrogen (secondary N) is 1. The van der Waals surface area contributed by atoms with Gasteiger partial charge in [0.05, 0.1) is 6.61 Å². The molecule has 4 aromatic rings. The molecule has 0 saturated carbocycles. The van der Waals surface area contributed by atoms with Gasteiger partial charge in [-0.15, -0.1) is 0 Å². The minimum Gasteiger partial charge on any atom is -0.493 e. The van der Waals surface area contributed by atoms with E-state index < -0.39 is 0 Å². The van der Waals surface area contributed by atoms with Crippen molar-refractivity contribution >= 4 is 27.4 Å². The van der Waals surface area contributed by atoms with Gasteiger partial charge in [0.25, 0.3) is 0 Å². The van der Waals surface area contributed by atoms with E-state index in [0.29, 0.717) is 12.1 Å². The van der Waals surface area contributed by atoms with Crippen LogP contribution in [0.1, 0.15) is 25.0 Å². The summed E-state index contributed by atoms with van der Waals surface area (Å²) in [5, 5.41) is 3.83.